The van der Waals surface area contributed by atoms with Crippen LogP contribution in [-0.4, -0.2) is 17.1 Å². The van der Waals surface area contributed by atoms with Crippen LogP contribution in [0.4, 0.5) is 0 Å². The molecule has 0 saturated carbocycles. The Bertz CT molecular complexity index is 391. The first-order chi connectivity index (χ1) is 7.41. The van der Waals surface area contributed by atoms with Gasteiger partial charge in [-0.2, -0.15) is 0 Å². The van der Waals surface area contributed by atoms with Crippen LogP contribution in [0.5, 0.6) is 5.75 Å². The zero-order valence-corrected chi connectivity index (χ0v) is 11.2. The molecule has 0 aromatic heterocycles. The second kappa shape index (κ2) is 5.34. The Morgan fingerprint density at radius 1 is 1.38 bits per heavy atom. The summed E-state index contributed by atoms with van der Waals surface area (Å²) in [5.41, 5.74) is 0.293. The van der Waals surface area contributed by atoms with E-state index in [1.807, 2.05) is 20.8 Å². The average Bonchev–Trinajstić information content (AvgIpc) is 2.21. The first-order valence-electron chi connectivity index (χ1n) is 5.21. The normalized spacial score (nSPS) is 12.6. The zero-order chi connectivity index (χ0) is 12.3. The summed E-state index contributed by atoms with van der Waals surface area (Å²) in [5.74, 6) is 0.106. The smallest absolute Gasteiger partial charge is 0.255 e. The molecule has 0 spiro atoms. The molecule has 0 aliphatic heterocycles. The molecule has 1 aromatic rings. The minimum Gasteiger partial charge on any atom is -0.507 e. The standard InChI is InChI=1S/C12H16BrNO2/c1-7(2)8(3)14-12(16)10-6-9(13)4-5-11(10)15/h4-8,15H,1-3H3,(H,14,16). The van der Waals surface area contributed by atoms with E-state index in [4.69, 9.17) is 0 Å². The fourth-order valence-electron chi connectivity index (χ4n) is 1.14. The van der Waals surface area contributed by atoms with Gasteiger partial charge >= 0.3 is 0 Å². The first kappa shape index (κ1) is 13.0. The van der Waals surface area contributed by atoms with E-state index < -0.39 is 0 Å². The van der Waals surface area contributed by atoms with Crippen molar-refractivity contribution in [2.24, 2.45) is 5.92 Å². The lowest BCUT2D eigenvalue weighted by Crippen LogP contribution is -2.36. The van der Waals surface area contributed by atoms with Gasteiger partial charge in [0.1, 0.15) is 5.75 Å². The van der Waals surface area contributed by atoms with E-state index in [1.54, 1.807) is 12.1 Å². The molecule has 0 aliphatic carbocycles. The molecule has 1 aromatic carbocycles. The van der Waals surface area contributed by atoms with Crippen molar-refractivity contribution < 1.29 is 9.90 Å². The van der Waals surface area contributed by atoms with Gasteiger partial charge in [-0.3, -0.25) is 4.79 Å². The fourth-order valence-corrected chi connectivity index (χ4v) is 1.50. The molecule has 0 heterocycles. The highest BCUT2D eigenvalue weighted by molar-refractivity contribution is 9.10. The highest BCUT2D eigenvalue weighted by Gasteiger charge is 2.15. The third-order valence-electron chi connectivity index (χ3n) is 2.56. The maximum atomic E-state index is 11.8. The third kappa shape index (κ3) is 3.23. The molecule has 0 bridgehead atoms. The number of hydrogen-bond acceptors (Lipinski definition) is 2. The number of nitrogens with one attached hydrogen (secondary N) is 1. The Labute approximate surface area is 104 Å². The van der Waals surface area contributed by atoms with Gasteiger partial charge in [-0.1, -0.05) is 29.8 Å². The number of carbonyl (C=O) groups excluding carboxylic acids is 1. The number of carbonyl (C=O) groups is 1. The molecular weight excluding hydrogens is 270 g/mol. The summed E-state index contributed by atoms with van der Waals surface area (Å²) in [6, 6.07) is 4.88. The van der Waals surface area contributed by atoms with Crippen LogP contribution in [0.2, 0.25) is 0 Å². The van der Waals surface area contributed by atoms with E-state index in [0.29, 0.717) is 11.5 Å². The van der Waals surface area contributed by atoms with Gasteiger partial charge in [-0.15, -0.1) is 0 Å². The summed E-state index contributed by atoms with van der Waals surface area (Å²) in [6.45, 7) is 6.01. The van der Waals surface area contributed by atoms with Gasteiger partial charge in [0.15, 0.2) is 0 Å². The van der Waals surface area contributed by atoms with Gasteiger partial charge in [-0.05, 0) is 31.0 Å². The summed E-state index contributed by atoms with van der Waals surface area (Å²) in [5, 5.41) is 12.4. The van der Waals surface area contributed by atoms with Crippen molar-refractivity contribution in [1.82, 2.24) is 5.32 Å². The molecule has 0 fully saturated rings. The molecular formula is C12H16BrNO2. The Hall–Kier alpha value is -1.03. The maximum absolute atomic E-state index is 11.8. The molecule has 2 N–H and O–H groups in total. The van der Waals surface area contributed by atoms with Crippen molar-refractivity contribution in [3.63, 3.8) is 0 Å². The summed E-state index contributed by atoms with van der Waals surface area (Å²) in [6.07, 6.45) is 0. The molecule has 0 radical (unpaired) electrons. The molecule has 4 heteroatoms. The molecule has 1 rings (SSSR count). The highest BCUT2D eigenvalue weighted by atomic mass is 79.9. The number of phenolic OH excluding ortho intramolecular Hbond substituents is 1. The lowest BCUT2D eigenvalue weighted by molar-refractivity contribution is 0.0928. The van der Waals surface area contributed by atoms with Crippen LogP contribution in [0, 0.1) is 5.92 Å². The van der Waals surface area contributed by atoms with Crippen molar-refractivity contribution in [1.29, 1.82) is 0 Å². The van der Waals surface area contributed by atoms with Gasteiger partial charge < -0.3 is 10.4 Å². The van der Waals surface area contributed by atoms with E-state index in [1.165, 1.54) is 6.07 Å². The van der Waals surface area contributed by atoms with Crippen LogP contribution in [0.25, 0.3) is 0 Å². The molecule has 16 heavy (non-hydrogen) atoms. The predicted octanol–water partition coefficient (Wildman–Crippen LogP) is 2.93. The number of amides is 1. The van der Waals surface area contributed by atoms with E-state index in [2.05, 4.69) is 21.2 Å². The Kier molecular flexibility index (Phi) is 4.35. The van der Waals surface area contributed by atoms with E-state index in [9.17, 15) is 9.90 Å². The second-order valence-corrected chi connectivity index (χ2v) is 5.08. The molecule has 1 atom stereocenters. The number of rotatable bonds is 3. The molecule has 0 saturated heterocycles. The number of hydrogen-bond donors (Lipinski definition) is 2. The molecule has 1 amide bonds. The summed E-state index contributed by atoms with van der Waals surface area (Å²) < 4.78 is 0.771. The minimum atomic E-state index is -0.250. The lowest BCUT2D eigenvalue weighted by Gasteiger charge is -2.17. The Morgan fingerprint density at radius 2 is 2.00 bits per heavy atom. The van der Waals surface area contributed by atoms with Crippen LogP contribution < -0.4 is 5.32 Å². The number of phenols is 1. The fraction of sp³-hybridized carbons (Fsp3) is 0.417. The topological polar surface area (TPSA) is 49.3 Å². The van der Waals surface area contributed by atoms with Gasteiger partial charge in [0.2, 0.25) is 0 Å². The average molecular weight is 286 g/mol. The number of benzene rings is 1. The van der Waals surface area contributed by atoms with E-state index in [-0.39, 0.29) is 17.7 Å². The number of halogens is 1. The van der Waals surface area contributed by atoms with Crippen molar-refractivity contribution in [3.05, 3.63) is 28.2 Å². The summed E-state index contributed by atoms with van der Waals surface area (Å²) >= 11 is 3.27. The van der Waals surface area contributed by atoms with E-state index in [0.717, 1.165) is 4.47 Å². The van der Waals surface area contributed by atoms with Gasteiger partial charge in [0.05, 0.1) is 5.56 Å². The van der Waals surface area contributed by atoms with Crippen molar-refractivity contribution in [3.8, 4) is 5.75 Å². The van der Waals surface area contributed by atoms with Gasteiger partial charge in [-0.25, -0.2) is 0 Å². The van der Waals surface area contributed by atoms with Crippen molar-refractivity contribution >= 4 is 21.8 Å². The van der Waals surface area contributed by atoms with Crippen LogP contribution >= 0.6 is 15.9 Å². The molecule has 1 unspecified atom stereocenters. The summed E-state index contributed by atoms with van der Waals surface area (Å²) in [4.78, 5) is 11.8. The second-order valence-electron chi connectivity index (χ2n) is 4.17. The summed E-state index contributed by atoms with van der Waals surface area (Å²) in [7, 11) is 0. The third-order valence-corrected chi connectivity index (χ3v) is 3.06. The number of aromatic hydroxyl groups is 1. The quantitative estimate of drug-likeness (QED) is 0.897. The van der Waals surface area contributed by atoms with Crippen LogP contribution in [0.1, 0.15) is 31.1 Å². The van der Waals surface area contributed by atoms with Crippen molar-refractivity contribution in [2.75, 3.05) is 0 Å². The highest BCUT2D eigenvalue weighted by Crippen LogP contribution is 2.21. The van der Waals surface area contributed by atoms with Crippen LogP contribution in [0.15, 0.2) is 22.7 Å². The maximum Gasteiger partial charge on any atom is 0.255 e. The lowest BCUT2D eigenvalue weighted by atomic mass is 10.1. The monoisotopic (exact) mass is 285 g/mol. The zero-order valence-electron chi connectivity index (χ0n) is 9.62. The Balaban J connectivity index is 2.84. The van der Waals surface area contributed by atoms with Gasteiger partial charge in [0, 0.05) is 10.5 Å². The molecule has 88 valence electrons. The largest absolute Gasteiger partial charge is 0.507 e. The minimum absolute atomic E-state index is 0.00310. The van der Waals surface area contributed by atoms with Crippen LogP contribution in [-0.2, 0) is 0 Å². The molecule has 0 aliphatic rings. The van der Waals surface area contributed by atoms with Crippen molar-refractivity contribution in [2.45, 2.75) is 26.8 Å². The first-order valence-corrected chi connectivity index (χ1v) is 6.00. The van der Waals surface area contributed by atoms with E-state index >= 15 is 0 Å². The van der Waals surface area contributed by atoms with Crippen LogP contribution in [0.3, 0.4) is 0 Å². The Morgan fingerprint density at radius 3 is 2.56 bits per heavy atom. The predicted molar refractivity (Wildman–Crippen MR) is 67.6 cm³/mol. The van der Waals surface area contributed by atoms with Gasteiger partial charge in [0.25, 0.3) is 5.91 Å². The molecule has 3 nitrogen and oxygen atoms in total. The SMILES string of the molecule is CC(C)C(C)NC(=O)c1cc(Br)ccc1O.